The van der Waals surface area contributed by atoms with E-state index in [0.29, 0.717) is 0 Å². The summed E-state index contributed by atoms with van der Waals surface area (Å²) in [6, 6.07) is 0. The Morgan fingerprint density at radius 3 is 2.96 bits per heavy atom. The summed E-state index contributed by atoms with van der Waals surface area (Å²) in [5, 5.41) is 13.0. The molecule has 1 atom stereocenters. The number of imidazole rings is 1. The van der Waals surface area contributed by atoms with E-state index in [2.05, 4.69) is 10.3 Å². The van der Waals surface area contributed by atoms with Gasteiger partial charge in [0, 0.05) is 28.3 Å². The first kappa shape index (κ1) is 19.4. The number of alkyl carbamates (subject to hydrolysis) is 1. The van der Waals surface area contributed by atoms with E-state index in [-0.39, 0.29) is 37.0 Å². The topological polar surface area (TPSA) is 126 Å². The zero-order valence-electron chi connectivity index (χ0n) is 13.4. The van der Waals surface area contributed by atoms with Crippen molar-refractivity contribution in [2.24, 2.45) is 0 Å². The van der Waals surface area contributed by atoms with Crippen LogP contribution in [0, 0.1) is 10.1 Å². The number of carbonyl (C=O) groups excluding carboxylic acids is 2. The predicted octanol–water partition coefficient (Wildman–Crippen LogP) is -1.27. The second-order valence-corrected chi connectivity index (χ2v) is 6.38. The number of imide groups is 1. The zero-order valence-corrected chi connectivity index (χ0v) is 14.2. The molecule has 3 radical (unpaired) electrons. The number of carbonyl (C=O) groups is 2. The molecule has 0 bridgehead atoms. The van der Waals surface area contributed by atoms with Gasteiger partial charge in [-0.2, -0.15) is 0 Å². The lowest BCUT2D eigenvalue weighted by molar-refractivity contribution is -0.397. The summed E-state index contributed by atoms with van der Waals surface area (Å²) in [6.45, 7) is -0.0377. The van der Waals surface area contributed by atoms with Crippen LogP contribution in [0.1, 0.15) is 0 Å². The molecule has 0 spiro atoms. The van der Waals surface area contributed by atoms with Gasteiger partial charge >= 0.3 is 12.0 Å². The lowest BCUT2D eigenvalue weighted by Crippen LogP contribution is -2.38. The molecule has 0 saturated carbocycles. The minimum Gasteiger partial charge on any atom is -0.440 e. The van der Waals surface area contributed by atoms with Gasteiger partial charge in [-0.25, -0.2) is 21.0 Å². The molecule has 2 heterocycles. The molecule has 0 aromatic carbocycles. The molecule has 1 aliphatic rings. The van der Waals surface area contributed by atoms with Crippen LogP contribution in [-0.2, 0) is 20.8 Å². The number of amides is 2. The van der Waals surface area contributed by atoms with E-state index in [0.717, 1.165) is 0 Å². The van der Waals surface area contributed by atoms with Gasteiger partial charge < -0.3 is 19.6 Å². The van der Waals surface area contributed by atoms with E-state index in [1.807, 2.05) is 7.06 Å². The Hall–Kier alpha value is -1.88. The number of nitro groups is 1. The lowest BCUT2D eigenvalue weighted by atomic mass is 9.33. The minimum absolute atomic E-state index is 0.00240. The van der Waals surface area contributed by atoms with E-state index in [1.165, 1.54) is 35.7 Å². The van der Waals surface area contributed by atoms with Gasteiger partial charge in [0.1, 0.15) is 24.7 Å². The van der Waals surface area contributed by atoms with E-state index in [1.54, 1.807) is 0 Å². The Labute approximate surface area is 150 Å². The summed E-state index contributed by atoms with van der Waals surface area (Å²) < 4.78 is 11.3. The molecule has 10 nitrogen and oxygen atoms in total. The molecule has 127 valence electrons. The maximum atomic E-state index is 11.8. The molecule has 25 heavy (non-hydrogen) atoms. The van der Waals surface area contributed by atoms with Gasteiger partial charge in [-0.15, -0.1) is 0 Å². The molecule has 0 aliphatic carbocycles. The minimum atomic E-state index is -0.945. The maximum absolute atomic E-state index is 11.8. The molecule has 2 rings (SSSR count). The van der Waals surface area contributed by atoms with Crippen LogP contribution in [0.25, 0.3) is 0 Å². The molecule has 1 fully saturated rings. The highest BCUT2D eigenvalue weighted by Gasteiger charge is 2.39. The third kappa shape index (κ3) is 6.16. The highest BCUT2D eigenvalue weighted by molar-refractivity contribution is 8.48. The number of hydrogen-bond acceptors (Lipinski definition) is 8. The molecular formula is C10H13B4N4O6S. The third-order valence-corrected chi connectivity index (χ3v) is 4.47. The predicted molar refractivity (Wildman–Crippen MR) is 94.6 cm³/mol. The van der Waals surface area contributed by atoms with Crippen molar-refractivity contribution in [3.63, 3.8) is 0 Å². The molecule has 1 aromatic heterocycles. The fourth-order valence-electron chi connectivity index (χ4n) is 1.97. The molecule has 1 saturated heterocycles. The quantitative estimate of drug-likeness (QED) is 0.328. The van der Waals surface area contributed by atoms with Crippen LogP contribution in [0.15, 0.2) is 12.4 Å². The second-order valence-electron chi connectivity index (χ2n) is 5.21. The smallest absolute Gasteiger partial charge is 0.434 e. The first-order valence-corrected chi connectivity index (χ1v) is 8.32. The van der Waals surface area contributed by atoms with Gasteiger partial charge in [0.15, 0.2) is 6.10 Å². The number of nitrogens with zero attached hydrogens (tertiary/aromatic N) is 3. The molecule has 1 aromatic rings. The van der Waals surface area contributed by atoms with Gasteiger partial charge in [-0.05, 0) is 4.92 Å². The highest BCUT2D eigenvalue weighted by atomic mass is 32.2. The van der Waals surface area contributed by atoms with Gasteiger partial charge in [0.05, 0.1) is 12.4 Å². The van der Waals surface area contributed by atoms with Crippen LogP contribution in [0.4, 0.5) is 10.7 Å². The van der Waals surface area contributed by atoms with Crippen molar-refractivity contribution >= 4 is 56.5 Å². The van der Waals surface area contributed by atoms with Crippen molar-refractivity contribution in [2.75, 3.05) is 19.5 Å². The number of rotatable bonds is 9. The summed E-state index contributed by atoms with van der Waals surface area (Å²) in [4.78, 5) is 37.3. The summed E-state index contributed by atoms with van der Waals surface area (Å²) in [6.07, 6.45) is 0.867. The van der Waals surface area contributed by atoms with Crippen molar-refractivity contribution in [1.82, 2.24) is 14.9 Å². The average Bonchev–Trinajstić information content (AvgIpc) is 3.04. The molecule has 1 N–H and O–H groups in total. The number of hydrogen-bond donors (Lipinski definition) is 1. The lowest BCUT2D eigenvalue weighted by Gasteiger charge is -2.16. The second kappa shape index (κ2) is 8.99. The molecule has 15 heteroatoms. The number of ether oxygens (including phenoxy) is 2. The van der Waals surface area contributed by atoms with Crippen LogP contribution >= 0.6 is 11.6 Å². The summed E-state index contributed by atoms with van der Waals surface area (Å²) in [7, 11) is 8.86. The van der Waals surface area contributed by atoms with Gasteiger partial charge in [0.25, 0.3) is 0 Å². The van der Waals surface area contributed by atoms with Crippen molar-refractivity contribution in [2.45, 2.75) is 12.6 Å². The molecule has 1 aliphatic heterocycles. The first-order valence-electron chi connectivity index (χ1n) is 7.27. The van der Waals surface area contributed by atoms with Crippen molar-refractivity contribution in [3.05, 3.63) is 22.5 Å². The summed E-state index contributed by atoms with van der Waals surface area (Å²) in [5.41, 5.74) is 0. The summed E-state index contributed by atoms with van der Waals surface area (Å²) in [5.74, 6) is -0.682. The van der Waals surface area contributed by atoms with Gasteiger partial charge in [-0.1, -0.05) is 4.98 Å². The monoisotopic (exact) mass is 361 g/mol. The van der Waals surface area contributed by atoms with Gasteiger partial charge in [-0.3, -0.25) is 10.1 Å². The highest BCUT2D eigenvalue weighted by Crippen LogP contribution is 2.17. The van der Waals surface area contributed by atoms with E-state index < -0.39 is 23.0 Å². The standard InChI is InChI=1S/C10H13B4N4O6S/c1-23-5-7(4-17-3-2-15-9(17)18(21)22)24-10(20)16-8(19)6-25-14-12-13(14)11/h2-3,7H,4-6H2,1H3,(H,16,19,20). The van der Waals surface area contributed by atoms with Crippen molar-refractivity contribution < 1.29 is 24.0 Å². The van der Waals surface area contributed by atoms with Crippen LogP contribution in [0.2, 0.25) is 0 Å². The zero-order chi connectivity index (χ0) is 18.4. The Morgan fingerprint density at radius 2 is 2.36 bits per heavy atom. The van der Waals surface area contributed by atoms with E-state index >= 15 is 0 Å². The van der Waals surface area contributed by atoms with E-state index in [9.17, 15) is 19.7 Å². The summed E-state index contributed by atoms with van der Waals surface area (Å²) >= 11 is 1.33. The Morgan fingerprint density at radius 1 is 1.64 bits per heavy atom. The van der Waals surface area contributed by atoms with Crippen molar-refractivity contribution in [3.8, 4) is 0 Å². The average molecular weight is 361 g/mol. The first-order chi connectivity index (χ1) is 11.9. The molecule has 1 unspecified atom stereocenters. The Bertz CT molecular complexity index is 649. The van der Waals surface area contributed by atoms with Crippen molar-refractivity contribution in [1.29, 1.82) is 0 Å². The maximum Gasteiger partial charge on any atom is 0.434 e. The van der Waals surface area contributed by atoms with Gasteiger partial charge in [0.2, 0.25) is 5.91 Å². The van der Waals surface area contributed by atoms with Crippen LogP contribution in [-0.4, -0.2) is 79.0 Å². The Balaban J connectivity index is 1.82. The SMILES string of the molecule is [B]B1[B]B1SCC(=O)NC(=O)OC(COC)Cn1ccnc1[N+](=O)[O-]. The normalized spacial score (nSPS) is 13.8. The largest absolute Gasteiger partial charge is 0.440 e. The fourth-order valence-corrected chi connectivity index (χ4v) is 2.90. The Kier molecular flexibility index (Phi) is 7.00. The number of methoxy groups -OCH3 is 1. The molecule has 2 amide bonds. The third-order valence-electron chi connectivity index (χ3n) is 3.18. The molecular weight excluding hydrogens is 347 g/mol. The number of nitrogens with one attached hydrogen (secondary N) is 1. The fraction of sp³-hybridized carbons (Fsp3) is 0.500. The van der Waals surface area contributed by atoms with Crippen LogP contribution in [0.5, 0.6) is 0 Å². The number of aromatic nitrogens is 2. The van der Waals surface area contributed by atoms with Crippen LogP contribution < -0.4 is 5.32 Å². The van der Waals surface area contributed by atoms with Crippen LogP contribution in [0.3, 0.4) is 0 Å². The van der Waals surface area contributed by atoms with E-state index in [4.69, 9.17) is 17.2 Å².